The molecule has 19 heavy (non-hydrogen) atoms. The maximum absolute atomic E-state index is 12.4. The summed E-state index contributed by atoms with van der Waals surface area (Å²) in [5, 5.41) is 18.2. The van der Waals surface area contributed by atoms with Gasteiger partial charge in [0.2, 0.25) is 5.88 Å². The van der Waals surface area contributed by atoms with Crippen molar-refractivity contribution in [2.45, 2.75) is 6.18 Å². The van der Waals surface area contributed by atoms with Crippen molar-refractivity contribution in [3.8, 4) is 16.5 Å². The van der Waals surface area contributed by atoms with Gasteiger partial charge in [-0.15, -0.1) is 11.3 Å². The molecule has 8 heteroatoms. The first kappa shape index (κ1) is 13.3. The monoisotopic (exact) mass is 289 g/mol. The van der Waals surface area contributed by atoms with E-state index < -0.39 is 23.6 Å². The average Bonchev–Trinajstić information content (AvgIpc) is 2.70. The van der Waals surface area contributed by atoms with E-state index in [-0.39, 0.29) is 9.88 Å². The molecule has 2 aromatic rings. The Morgan fingerprint density at radius 2 is 1.79 bits per heavy atom. The van der Waals surface area contributed by atoms with E-state index in [1.165, 1.54) is 12.1 Å². The molecular formula is C11H6F3NO3S. The summed E-state index contributed by atoms with van der Waals surface area (Å²) in [5.74, 6) is -1.99. The lowest BCUT2D eigenvalue weighted by Crippen LogP contribution is -2.03. The smallest absolute Gasteiger partial charge is 0.416 e. The third-order valence-electron chi connectivity index (χ3n) is 2.26. The maximum atomic E-state index is 12.4. The van der Waals surface area contributed by atoms with E-state index >= 15 is 0 Å². The van der Waals surface area contributed by atoms with Crippen molar-refractivity contribution in [1.29, 1.82) is 0 Å². The van der Waals surface area contributed by atoms with Crippen LogP contribution in [0.15, 0.2) is 24.3 Å². The van der Waals surface area contributed by atoms with Gasteiger partial charge in [-0.1, -0.05) is 12.1 Å². The molecule has 2 rings (SSSR count). The molecule has 2 N–H and O–H groups in total. The Morgan fingerprint density at radius 1 is 1.21 bits per heavy atom. The van der Waals surface area contributed by atoms with Gasteiger partial charge in [0.1, 0.15) is 5.01 Å². The predicted octanol–water partition coefficient (Wildman–Crippen LogP) is 3.23. The van der Waals surface area contributed by atoms with Crippen LogP contribution < -0.4 is 0 Å². The number of aromatic hydroxyl groups is 1. The molecule has 1 aromatic carbocycles. The Labute approximate surface area is 108 Å². The molecule has 0 aliphatic rings. The van der Waals surface area contributed by atoms with Crippen molar-refractivity contribution in [3.63, 3.8) is 0 Å². The summed E-state index contributed by atoms with van der Waals surface area (Å²) < 4.78 is 37.1. The number of thiazole rings is 1. The first-order valence-electron chi connectivity index (χ1n) is 4.90. The zero-order valence-electron chi connectivity index (χ0n) is 9.10. The lowest BCUT2D eigenvalue weighted by atomic mass is 10.1. The summed E-state index contributed by atoms with van der Waals surface area (Å²) >= 11 is 0.692. The Morgan fingerprint density at radius 3 is 2.21 bits per heavy atom. The number of hydrogen-bond acceptors (Lipinski definition) is 4. The van der Waals surface area contributed by atoms with Crippen LogP contribution in [0.1, 0.15) is 15.2 Å². The quantitative estimate of drug-likeness (QED) is 0.890. The highest BCUT2D eigenvalue weighted by Crippen LogP contribution is 2.34. The standard InChI is InChI=1S/C11H6F3NO3S/c12-11(13,14)6-3-1-5(2-4-6)9-15-8(16)7(19-9)10(17)18/h1-4,16H,(H,17,18). The molecule has 0 atom stereocenters. The van der Waals surface area contributed by atoms with E-state index in [0.717, 1.165) is 12.1 Å². The predicted molar refractivity (Wildman–Crippen MR) is 61.2 cm³/mol. The molecule has 0 saturated carbocycles. The van der Waals surface area contributed by atoms with Crippen molar-refractivity contribution in [1.82, 2.24) is 4.98 Å². The van der Waals surface area contributed by atoms with E-state index in [1.807, 2.05) is 0 Å². The van der Waals surface area contributed by atoms with Crippen LogP contribution in [0.5, 0.6) is 5.88 Å². The molecule has 4 nitrogen and oxygen atoms in total. The van der Waals surface area contributed by atoms with Gasteiger partial charge in [-0.25, -0.2) is 9.78 Å². The van der Waals surface area contributed by atoms with Gasteiger partial charge in [0, 0.05) is 5.56 Å². The lowest BCUT2D eigenvalue weighted by Gasteiger charge is -2.06. The van der Waals surface area contributed by atoms with Crippen molar-refractivity contribution in [2.24, 2.45) is 0 Å². The third kappa shape index (κ3) is 2.68. The Bertz CT molecular complexity index is 619. The van der Waals surface area contributed by atoms with Crippen LogP contribution >= 0.6 is 11.3 Å². The molecule has 0 amide bonds. The second-order valence-electron chi connectivity index (χ2n) is 3.55. The molecule has 1 aromatic heterocycles. The van der Waals surface area contributed by atoms with E-state index in [9.17, 15) is 23.1 Å². The van der Waals surface area contributed by atoms with Crippen LogP contribution in [0.4, 0.5) is 13.2 Å². The van der Waals surface area contributed by atoms with Crippen LogP contribution in [0.25, 0.3) is 10.6 Å². The number of hydrogen-bond donors (Lipinski definition) is 2. The maximum Gasteiger partial charge on any atom is 0.416 e. The third-order valence-corrected chi connectivity index (χ3v) is 3.34. The molecule has 0 bridgehead atoms. The van der Waals surface area contributed by atoms with Crippen LogP contribution in [0.3, 0.4) is 0 Å². The van der Waals surface area contributed by atoms with Gasteiger partial charge in [0.15, 0.2) is 4.88 Å². The van der Waals surface area contributed by atoms with E-state index in [4.69, 9.17) is 5.11 Å². The largest absolute Gasteiger partial charge is 0.492 e. The van der Waals surface area contributed by atoms with Crippen LogP contribution in [-0.4, -0.2) is 21.2 Å². The number of benzene rings is 1. The second-order valence-corrected chi connectivity index (χ2v) is 4.55. The number of carboxylic acids is 1. The number of alkyl halides is 3. The molecule has 1 heterocycles. The Balaban J connectivity index is 2.38. The molecule has 0 fully saturated rings. The van der Waals surface area contributed by atoms with Crippen LogP contribution in [0, 0.1) is 0 Å². The minimum Gasteiger partial charge on any atom is -0.492 e. The number of halogens is 3. The van der Waals surface area contributed by atoms with Gasteiger partial charge in [-0.05, 0) is 12.1 Å². The fraction of sp³-hybridized carbons (Fsp3) is 0.0909. The normalized spacial score (nSPS) is 11.5. The zero-order valence-corrected chi connectivity index (χ0v) is 9.92. The summed E-state index contributed by atoms with van der Waals surface area (Å²) in [6.07, 6.45) is -4.43. The van der Waals surface area contributed by atoms with Gasteiger partial charge in [0.05, 0.1) is 5.56 Å². The minimum atomic E-state index is -4.43. The van der Waals surface area contributed by atoms with Gasteiger partial charge < -0.3 is 10.2 Å². The van der Waals surface area contributed by atoms with Gasteiger partial charge in [-0.3, -0.25) is 0 Å². The number of aromatic nitrogens is 1. The minimum absolute atomic E-state index is 0.142. The summed E-state index contributed by atoms with van der Waals surface area (Å²) in [4.78, 5) is 14.0. The highest BCUT2D eigenvalue weighted by molar-refractivity contribution is 7.17. The summed E-state index contributed by atoms with van der Waals surface area (Å²) in [7, 11) is 0. The molecule has 0 unspecified atom stereocenters. The highest BCUT2D eigenvalue weighted by atomic mass is 32.1. The number of carboxylic acid groups (broad SMARTS) is 1. The SMILES string of the molecule is O=C(O)c1sc(-c2ccc(C(F)(F)F)cc2)nc1O. The van der Waals surface area contributed by atoms with Crippen LogP contribution in [-0.2, 0) is 6.18 Å². The zero-order chi connectivity index (χ0) is 14.2. The fourth-order valence-corrected chi connectivity index (χ4v) is 2.18. The summed E-state index contributed by atoms with van der Waals surface area (Å²) in [6.45, 7) is 0. The molecule has 0 aliphatic carbocycles. The van der Waals surface area contributed by atoms with Crippen LogP contribution in [0.2, 0.25) is 0 Å². The topological polar surface area (TPSA) is 70.4 Å². The number of nitrogens with zero attached hydrogens (tertiary/aromatic N) is 1. The number of rotatable bonds is 2. The first-order valence-corrected chi connectivity index (χ1v) is 5.71. The van der Waals surface area contributed by atoms with Gasteiger partial charge >= 0.3 is 12.1 Å². The molecular weight excluding hydrogens is 283 g/mol. The van der Waals surface area contributed by atoms with E-state index in [0.29, 0.717) is 16.9 Å². The average molecular weight is 289 g/mol. The van der Waals surface area contributed by atoms with Gasteiger partial charge in [-0.2, -0.15) is 13.2 Å². The summed E-state index contributed by atoms with van der Waals surface area (Å²) in [5.41, 5.74) is -0.503. The van der Waals surface area contributed by atoms with Crippen molar-refractivity contribution >= 4 is 17.3 Å². The van der Waals surface area contributed by atoms with Gasteiger partial charge in [0.25, 0.3) is 0 Å². The fourth-order valence-electron chi connectivity index (χ4n) is 1.38. The lowest BCUT2D eigenvalue weighted by molar-refractivity contribution is -0.137. The summed E-state index contributed by atoms with van der Waals surface area (Å²) in [6, 6.07) is 4.09. The van der Waals surface area contributed by atoms with E-state index in [1.54, 1.807) is 0 Å². The van der Waals surface area contributed by atoms with Crippen molar-refractivity contribution in [3.05, 3.63) is 34.7 Å². The molecule has 100 valence electrons. The first-order chi connectivity index (χ1) is 8.79. The molecule has 0 aliphatic heterocycles. The molecule has 0 saturated heterocycles. The Hall–Kier alpha value is -2.09. The molecule has 0 radical (unpaired) electrons. The number of carbonyl (C=O) groups is 1. The molecule has 0 spiro atoms. The van der Waals surface area contributed by atoms with Crippen molar-refractivity contribution in [2.75, 3.05) is 0 Å². The van der Waals surface area contributed by atoms with E-state index in [2.05, 4.69) is 4.98 Å². The second kappa shape index (κ2) is 4.54. The number of aromatic carboxylic acids is 1. The highest BCUT2D eigenvalue weighted by Gasteiger charge is 2.30. The Kier molecular flexibility index (Phi) is 3.19. The van der Waals surface area contributed by atoms with Crippen molar-refractivity contribution < 1.29 is 28.2 Å².